The Morgan fingerprint density at radius 3 is 2.44 bits per heavy atom. The standard InChI is InChI=1S/C23H21BrFN5O2/c1-14-11-28(18-9-5-16(24)6-10-18)22-26-20-19(29(22)12-14)21(31)30(23(32)27(20)2)13-15-3-7-17(25)8-4-15/h3-10,14H,11-13H2,1-2H3/t14-/m0/s1. The van der Waals surface area contributed by atoms with Gasteiger partial charge in [-0.3, -0.25) is 13.9 Å². The van der Waals surface area contributed by atoms with Gasteiger partial charge in [-0.2, -0.15) is 4.98 Å². The van der Waals surface area contributed by atoms with Gasteiger partial charge in [-0.15, -0.1) is 0 Å². The molecule has 4 aromatic rings. The molecule has 1 atom stereocenters. The fourth-order valence-electron chi connectivity index (χ4n) is 4.26. The molecular formula is C23H21BrFN5O2. The third-order valence-corrected chi connectivity index (χ3v) is 6.36. The molecule has 0 saturated carbocycles. The highest BCUT2D eigenvalue weighted by Crippen LogP contribution is 2.33. The number of nitrogens with zero attached hydrogens (tertiary/aromatic N) is 5. The first kappa shape index (κ1) is 20.7. The van der Waals surface area contributed by atoms with Crippen molar-refractivity contribution < 1.29 is 4.39 Å². The Bertz CT molecular complexity index is 1440. The Morgan fingerprint density at radius 2 is 1.75 bits per heavy atom. The molecule has 0 spiro atoms. The van der Waals surface area contributed by atoms with E-state index in [1.165, 1.54) is 21.3 Å². The van der Waals surface area contributed by atoms with E-state index in [1.807, 2.05) is 28.8 Å². The van der Waals surface area contributed by atoms with Crippen LogP contribution in [0.4, 0.5) is 16.0 Å². The van der Waals surface area contributed by atoms with Gasteiger partial charge in [0.15, 0.2) is 11.2 Å². The zero-order valence-corrected chi connectivity index (χ0v) is 19.2. The number of halogens is 2. The second-order valence-electron chi connectivity index (χ2n) is 8.25. The summed E-state index contributed by atoms with van der Waals surface area (Å²) in [5.74, 6) is 0.550. The average Bonchev–Trinajstić information content (AvgIpc) is 3.16. The second-order valence-corrected chi connectivity index (χ2v) is 9.16. The maximum atomic E-state index is 13.5. The van der Waals surface area contributed by atoms with Gasteiger partial charge in [0.2, 0.25) is 5.95 Å². The summed E-state index contributed by atoms with van der Waals surface area (Å²) < 4.78 is 18.8. The number of aromatic nitrogens is 4. The topological polar surface area (TPSA) is 65.1 Å². The molecule has 9 heteroatoms. The van der Waals surface area contributed by atoms with Crippen LogP contribution in [0.25, 0.3) is 11.2 Å². The first-order valence-corrected chi connectivity index (χ1v) is 11.1. The van der Waals surface area contributed by atoms with Crippen LogP contribution in [-0.2, 0) is 20.1 Å². The molecule has 0 amide bonds. The first-order valence-electron chi connectivity index (χ1n) is 10.3. The van der Waals surface area contributed by atoms with Crippen LogP contribution in [-0.4, -0.2) is 25.2 Å². The SMILES string of the molecule is C[C@H]1CN(c2ccc(Br)cc2)c2nc3c(c(=O)n(Cc4ccc(F)cc4)c(=O)n3C)n2C1. The van der Waals surface area contributed by atoms with E-state index in [0.717, 1.165) is 16.7 Å². The van der Waals surface area contributed by atoms with Gasteiger partial charge >= 0.3 is 5.69 Å². The van der Waals surface area contributed by atoms with Crippen molar-refractivity contribution in [3.8, 4) is 0 Å². The van der Waals surface area contributed by atoms with Crippen molar-refractivity contribution in [1.82, 2.24) is 18.7 Å². The van der Waals surface area contributed by atoms with Gasteiger partial charge in [-0.05, 0) is 47.9 Å². The summed E-state index contributed by atoms with van der Waals surface area (Å²) in [7, 11) is 1.62. The smallest absolute Gasteiger partial charge is 0.312 e. The number of imidazole rings is 1. The number of fused-ring (bicyclic) bond motifs is 3. The van der Waals surface area contributed by atoms with Crippen molar-refractivity contribution in [2.75, 3.05) is 11.4 Å². The number of hydrogen-bond donors (Lipinski definition) is 0. The molecule has 0 fully saturated rings. The van der Waals surface area contributed by atoms with E-state index in [-0.39, 0.29) is 18.3 Å². The Balaban J connectivity index is 1.70. The molecule has 1 aliphatic heterocycles. The molecule has 1 aliphatic rings. The van der Waals surface area contributed by atoms with Crippen LogP contribution in [0.15, 0.2) is 62.6 Å². The fourth-order valence-corrected chi connectivity index (χ4v) is 4.52. The van der Waals surface area contributed by atoms with Crippen LogP contribution in [0.2, 0.25) is 0 Å². The fraction of sp³-hybridized carbons (Fsp3) is 0.261. The second kappa shape index (κ2) is 7.74. The Hall–Kier alpha value is -3.20. The van der Waals surface area contributed by atoms with Crippen LogP contribution in [0.1, 0.15) is 12.5 Å². The highest BCUT2D eigenvalue weighted by Gasteiger charge is 2.29. The van der Waals surface area contributed by atoms with Gasteiger partial charge in [0.25, 0.3) is 5.56 Å². The number of hydrogen-bond acceptors (Lipinski definition) is 4. The normalized spacial score (nSPS) is 15.9. The zero-order chi connectivity index (χ0) is 22.6. The van der Waals surface area contributed by atoms with E-state index in [9.17, 15) is 14.0 Å². The third-order valence-electron chi connectivity index (χ3n) is 5.83. The van der Waals surface area contributed by atoms with Gasteiger partial charge in [0.1, 0.15) is 5.82 Å². The highest BCUT2D eigenvalue weighted by molar-refractivity contribution is 9.10. The lowest BCUT2D eigenvalue weighted by atomic mass is 10.1. The number of aryl methyl sites for hydroxylation is 1. The summed E-state index contributed by atoms with van der Waals surface area (Å²) >= 11 is 3.46. The van der Waals surface area contributed by atoms with E-state index in [0.29, 0.717) is 29.2 Å². The van der Waals surface area contributed by atoms with Crippen LogP contribution in [0.5, 0.6) is 0 Å². The lowest BCUT2D eigenvalue weighted by Gasteiger charge is -2.33. The minimum atomic E-state index is -0.453. The summed E-state index contributed by atoms with van der Waals surface area (Å²) in [6.45, 7) is 3.57. The molecule has 0 bridgehead atoms. The van der Waals surface area contributed by atoms with Crippen LogP contribution in [0, 0.1) is 11.7 Å². The highest BCUT2D eigenvalue weighted by atomic mass is 79.9. The maximum absolute atomic E-state index is 13.5. The Morgan fingerprint density at radius 1 is 1.06 bits per heavy atom. The molecule has 0 N–H and O–H groups in total. The molecule has 32 heavy (non-hydrogen) atoms. The van der Waals surface area contributed by atoms with Crippen LogP contribution in [0.3, 0.4) is 0 Å². The maximum Gasteiger partial charge on any atom is 0.332 e. The summed E-state index contributed by atoms with van der Waals surface area (Å²) in [4.78, 5) is 33.3. The predicted octanol–water partition coefficient (Wildman–Crippen LogP) is 3.63. The van der Waals surface area contributed by atoms with Crippen molar-refractivity contribution in [3.05, 3.63) is 85.2 Å². The quantitative estimate of drug-likeness (QED) is 0.433. The van der Waals surface area contributed by atoms with Crippen molar-refractivity contribution in [1.29, 1.82) is 0 Å². The molecule has 5 rings (SSSR count). The molecule has 2 aromatic carbocycles. The van der Waals surface area contributed by atoms with E-state index in [4.69, 9.17) is 4.98 Å². The van der Waals surface area contributed by atoms with Crippen molar-refractivity contribution in [2.45, 2.75) is 20.0 Å². The van der Waals surface area contributed by atoms with Gasteiger partial charge in [0.05, 0.1) is 6.54 Å². The van der Waals surface area contributed by atoms with Crippen molar-refractivity contribution >= 4 is 38.7 Å². The van der Waals surface area contributed by atoms with E-state index < -0.39 is 11.2 Å². The molecular weight excluding hydrogens is 477 g/mol. The molecule has 0 radical (unpaired) electrons. The van der Waals surface area contributed by atoms with Gasteiger partial charge in [-0.25, -0.2) is 9.18 Å². The van der Waals surface area contributed by atoms with Gasteiger partial charge in [-0.1, -0.05) is 35.0 Å². The monoisotopic (exact) mass is 497 g/mol. The summed E-state index contributed by atoms with van der Waals surface area (Å²) in [5, 5.41) is 0. The minimum absolute atomic E-state index is 0.0637. The van der Waals surface area contributed by atoms with E-state index >= 15 is 0 Å². The zero-order valence-electron chi connectivity index (χ0n) is 17.6. The summed E-state index contributed by atoms with van der Waals surface area (Å²) in [5.41, 5.74) is 1.56. The third kappa shape index (κ3) is 3.37. The predicted molar refractivity (Wildman–Crippen MR) is 125 cm³/mol. The molecule has 7 nitrogen and oxygen atoms in total. The van der Waals surface area contributed by atoms with Gasteiger partial charge in [0, 0.05) is 30.3 Å². The number of benzene rings is 2. The first-order chi connectivity index (χ1) is 15.3. The lowest BCUT2D eigenvalue weighted by Crippen LogP contribution is -2.40. The molecule has 164 valence electrons. The van der Waals surface area contributed by atoms with Crippen LogP contribution >= 0.6 is 15.9 Å². The average molecular weight is 498 g/mol. The Labute approximate surface area is 191 Å². The van der Waals surface area contributed by atoms with Crippen molar-refractivity contribution in [3.63, 3.8) is 0 Å². The number of rotatable bonds is 3. The van der Waals surface area contributed by atoms with E-state index in [1.54, 1.807) is 19.2 Å². The molecule has 0 aliphatic carbocycles. The summed E-state index contributed by atoms with van der Waals surface area (Å²) in [6, 6.07) is 13.7. The lowest BCUT2D eigenvalue weighted by molar-refractivity contribution is 0.458. The minimum Gasteiger partial charge on any atom is -0.312 e. The molecule has 2 aromatic heterocycles. The van der Waals surface area contributed by atoms with Crippen LogP contribution < -0.4 is 16.1 Å². The van der Waals surface area contributed by atoms with Crippen molar-refractivity contribution in [2.24, 2.45) is 13.0 Å². The van der Waals surface area contributed by atoms with Gasteiger partial charge < -0.3 is 9.47 Å². The largest absolute Gasteiger partial charge is 0.332 e. The Kier molecular flexibility index (Phi) is 5.00. The molecule has 3 heterocycles. The van der Waals surface area contributed by atoms with E-state index in [2.05, 4.69) is 27.8 Å². The molecule has 0 saturated heterocycles. The number of anilines is 2. The summed E-state index contributed by atoms with van der Waals surface area (Å²) in [6.07, 6.45) is 0. The molecule has 0 unspecified atom stereocenters.